The number of hydrogen-bond donors (Lipinski definition) is 1. The lowest BCUT2D eigenvalue weighted by Gasteiger charge is -2.23. The predicted octanol–water partition coefficient (Wildman–Crippen LogP) is 3.33. The second kappa shape index (κ2) is 10.3. The van der Waals surface area contributed by atoms with Gasteiger partial charge in [-0.25, -0.2) is 4.79 Å². The van der Waals surface area contributed by atoms with Crippen LogP contribution in [-0.4, -0.2) is 53.0 Å². The summed E-state index contributed by atoms with van der Waals surface area (Å²) in [6.07, 6.45) is 0.959. The van der Waals surface area contributed by atoms with E-state index in [1.807, 2.05) is 32.0 Å². The van der Waals surface area contributed by atoms with Crippen LogP contribution >= 0.6 is 0 Å². The summed E-state index contributed by atoms with van der Waals surface area (Å²) in [6, 6.07) is 10.3. The minimum absolute atomic E-state index is 0.0683. The number of methoxy groups -OCH3 is 2. The fourth-order valence-corrected chi connectivity index (χ4v) is 3.20. The Morgan fingerprint density at radius 1 is 1.03 bits per heavy atom. The molecule has 30 heavy (non-hydrogen) atoms. The van der Waals surface area contributed by atoms with Crippen molar-refractivity contribution in [1.82, 2.24) is 4.90 Å². The Morgan fingerprint density at radius 2 is 1.77 bits per heavy atom. The largest absolute Gasteiger partial charge is 0.493 e. The van der Waals surface area contributed by atoms with Crippen LogP contribution in [0, 0.1) is 13.8 Å². The van der Waals surface area contributed by atoms with Gasteiger partial charge in [0.05, 0.1) is 20.0 Å². The number of rotatable bonds is 9. The molecule has 2 rings (SSSR count). The maximum absolute atomic E-state index is 12.9. The zero-order valence-electron chi connectivity index (χ0n) is 17.9. The highest BCUT2D eigenvalue weighted by Crippen LogP contribution is 2.29. The molecule has 2 aromatic rings. The van der Waals surface area contributed by atoms with Crippen LogP contribution in [0.15, 0.2) is 36.4 Å². The summed E-state index contributed by atoms with van der Waals surface area (Å²) in [6.45, 7) is 4.91. The third-order valence-corrected chi connectivity index (χ3v) is 4.94. The number of aryl methyl sites for hydroxylation is 2. The third-order valence-electron chi connectivity index (χ3n) is 4.45. The van der Waals surface area contributed by atoms with Crippen LogP contribution in [0.5, 0.6) is 11.5 Å². The summed E-state index contributed by atoms with van der Waals surface area (Å²) in [5.74, 6) is 0.353. The van der Waals surface area contributed by atoms with E-state index in [9.17, 15) is 13.2 Å². The molecule has 0 aliphatic heterocycles. The summed E-state index contributed by atoms with van der Waals surface area (Å²) in [7, 11) is -0.744. The molecule has 0 unspecified atom stereocenters. The lowest BCUT2D eigenvalue weighted by atomic mass is 10.1. The standard InChI is InChI=1S/C21H28N2O6S/c1-15-6-8-18(12-16(15)2)22-21(24)23(10-11-27-3)14-17-7-9-19(28-4)20(13-17)29-30(5,25)26/h6-9,12-13H,10-11,14H2,1-5H3,(H,22,24). The highest BCUT2D eigenvalue weighted by Gasteiger charge is 2.17. The van der Waals surface area contributed by atoms with E-state index in [1.165, 1.54) is 7.11 Å². The van der Waals surface area contributed by atoms with Gasteiger partial charge in [0.15, 0.2) is 11.5 Å². The molecule has 0 aromatic heterocycles. The van der Waals surface area contributed by atoms with E-state index in [1.54, 1.807) is 30.2 Å². The second-order valence-corrected chi connectivity index (χ2v) is 8.49. The maximum Gasteiger partial charge on any atom is 0.322 e. The monoisotopic (exact) mass is 436 g/mol. The zero-order valence-corrected chi connectivity index (χ0v) is 18.7. The van der Waals surface area contributed by atoms with Gasteiger partial charge >= 0.3 is 16.1 Å². The number of nitrogens with one attached hydrogen (secondary N) is 1. The Morgan fingerprint density at radius 3 is 2.37 bits per heavy atom. The molecule has 0 bridgehead atoms. The average molecular weight is 437 g/mol. The summed E-state index contributed by atoms with van der Waals surface area (Å²) in [5, 5.41) is 2.89. The molecule has 0 saturated heterocycles. The number of anilines is 1. The number of nitrogens with zero attached hydrogens (tertiary/aromatic N) is 1. The van der Waals surface area contributed by atoms with E-state index >= 15 is 0 Å². The van der Waals surface area contributed by atoms with Crippen molar-refractivity contribution in [2.45, 2.75) is 20.4 Å². The molecular formula is C21H28N2O6S. The van der Waals surface area contributed by atoms with E-state index in [0.29, 0.717) is 24.4 Å². The van der Waals surface area contributed by atoms with Crippen LogP contribution in [-0.2, 0) is 21.4 Å². The molecule has 2 aromatic carbocycles. The lowest BCUT2D eigenvalue weighted by Crippen LogP contribution is -2.36. The minimum atomic E-state index is -3.73. The number of carbonyl (C=O) groups excluding carboxylic acids is 1. The van der Waals surface area contributed by atoms with Gasteiger partial charge in [-0.15, -0.1) is 0 Å². The average Bonchev–Trinajstić information content (AvgIpc) is 2.67. The normalized spacial score (nSPS) is 11.1. The van der Waals surface area contributed by atoms with E-state index < -0.39 is 10.1 Å². The molecule has 0 saturated carbocycles. The first-order valence-electron chi connectivity index (χ1n) is 9.31. The van der Waals surface area contributed by atoms with Crippen molar-refractivity contribution in [2.75, 3.05) is 38.9 Å². The molecular weight excluding hydrogens is 408 g/mol. The minimum Gasteiger partial charge on any atom is -0.493 e. The molecule has 0 atom stereocenters. The molecule has 0 fully saturated rings. The second-order valence-electron chi connectivity index (χ2n) is 6.92. The molecule has 0 heterocycles. The quantitative estimate of drug-likeness (QED) is 0.606. The molecule has 0 radical (unpaired) electrons. The Kier molecular flexibility index (Phi) is 8.08. The topological polar surface area (TPSA) is 94.2 Å². The van der Waals surface area contributed by atoms with Crippen molar-refractivity contribution in [3.05, 3.63) is 53.1 Å². The first-order valence-corrected chi connectivity index (χ1v) is 11.1. The van der Waals surface area contributed by atoms with E-state index in [4.69, 9.17) is 13.7 Å². The summed E-state index contributed by atoms with van der Waals surface area (Å²) >= 11 is 0. The van der Waals surface area contributed by atoms with Gasteiger partial charge in [-0.2, -0.15) is 8.42 Å². The Labute approximate surface area is 177 Å². The Bertz CT molecular complexity index is 991. The van der Waals surface area contributed by atoms with Crippen molar-refractivity contribution < 1.29 is 26.9 Å². The number of urea groups is 1. The summed E-state index contributed by atoms with van der Waals surface area (Å²) < 4.78 is 38.4. The van der Waals surface area contributed by atoms with Crippen LogP contribution in [0.3, 0.4) is 0 Å². The van der Waals surface area contributed by atoms with E-state index in [-0.39, 0.29) is 24.1 Å². The number of ether oxygens (including phenoxy) is 2. The number of hydrogen-bond acceptors (Lipinski definition) is 6. The molecule has 164 valence electrons. The van der Waals surface area contributed by atoms with Crippen LogP contribution in [0.1, 0.15) is 16.7 Å². The highest BCUT2D eigenvalue weighted by molar-refractivity contribution is 7.86. The van der Waals surface area contributed by atoms with Gasteiger partial charge in [0.2, 0.25) is 0 Å². The SMILES string of the molecule is COCCN(Cc1ccc(OC)c(OS(C)(=O)=O)c1)C(=O)Nc1ccc(C)c(C)c1. The molecule has 0 aliphatic rings. The first-order chi connectivity index (χ1) is 14.1. The summed E-state index contributed by atoms with van der Waals surface area (Å²) in [5.41, 5.74) is 3.59. The van der Waals surface area contributed by atoms with Crippen molar-refractivity contribution in [3.8, 4) is 11.5 Å². The predicted molar refractivity (Wildman–Crippen MR) is 116 cm³/mol. The van der Waals surface area contributed by atoms with Gasteiger partial charge < -0.3 is 23.9 Å². The van der Waals surface area contributed by atoms with Crippen LogP contribution in [0.2, 0.25) is 0 Å². The van der Waals surface area contributed by atoms with Crippen molar-refractivity contribution >= 4 is 21.8 Å². The van der Waals surface area contributed by atoms with Crippen molar-refractivity contribution in [2.24, 2.45) is 0 Å². The van der Waals surface area contributed by atoms with Crippen molar-refractivity contribution in [3.63, 3.8) is 0 Å². The molecule has 0 aliphatic carbocycles. The van der Waals surface area contributed by atoms with E-state index in [2.05, 4.69) is 5.32 Å². The fourth-order valence-electron chi connectivity index (χ4n) is 2.74. The third kappa shape index (κ3) is 6.93. The fraction of sp³-hybridized carbons (Fsp3) is 0.381. The molecule has 8 nitrogen and oxygen atoms in total. The van der Waals surface area contributed by atoms with Crippen LogP contribution < -0.4 is 14.2 Å². The molecule has 9 heteroatoms. The molecule has 1 N–H and O–H groups in total. The zero-order chi connectivity index (χ0) is 22.3. The number of benzene rings is 2. The molecule has 0 spiro atoms. The number of amides is 2. The molecule has 2 amide bonds. The highest BCUT2D eigenvalue weighted by atomic mass is 32.2. The van der Waals surface area contributed by atoms with Crippen molar-refractivity contribution in [1.29, 1.82) is 0 Å². The first kappa shape index (κ1) is 23.5. The maximum atomic E-state index is 12.9. The van der Waals surface area contributed by atoms with Gasteiger partial charge in [-0.3, -0.25) is 0 Å². The Hall–Kier alpha value is -2.78. The van der Waals surface area contributed by atoms with Gasteiger partial charge in [0.25, 0.3) is 0 Å². The van der Waals surface area contributed by atoms with Gasteiger partial charge in [0, 0.05) is 25.9 Å². The van der Waals surface area contributed by atoms with Crippen LogP contribution in [0.25, 0.3) is 0 Å². The lowest BCUT2D eigenvalue weighted by molar-refractivity contribution is 0.153. The summed E-state index contributed by atoms with van der Waals surface area (Å²) in [4.78, 5) is 14.4. The van der Waals surface area contributed by atoms with E-state index in [0.717, 1.165) is 17.4 Å². The van der Waals surface area contributed by atoms with Gasteiger partial charge in [-0.05, 0) is 54.8 Å². The van der Waals surface area contributed by atoms with Gasteiger partial charge in [-0.1, -0.05) is 12.1 Å². The smallest absolute Gasteiger partial charge is 0.322 e. The Balaban J connectivity index is 2.23. The van der Waals surface area contributed by atoms with Crippen LogP contribution in [0.4, 0.5) is 10.5 Å². The van der Waals surface area contributed by atoms with Gasteiger partial charge in [0.1, 0.15) is 0 Å². The number of carbonyl (C=O) groups is 1.